The molecule has 6 rings (SSSR count). The fourth-order valence-electron chi connectivity index (χ4n) is 9.10. The Balaban J connectivity index is 1.34. The lowest BCUT2D eigenvalue weighted by Crippen LogP contribution is -2.65. The Morgan fingerprint density at radius 1 is 1.02 bits per heavy atom. The Hall–Kier alpha value is -5.07. The summed E-state index contributed by atoms with van der Waals surface area (Å²) in [6.45, 7) is 11.8. The lowest BCUT2D eigenvalue weighted by molar-refractivity contribution is -0.191. The van der Waals surface area contributed by atoms with Crippen molar-refractivity contribution in [1.82, 2.24) is 0 Å². The Labute approximate surface area is 307 Å². The lowest BCUT2D eigenvalue weighted by Gasteiger charge is -2.48. The molecule has 0 aliphatic heterocycles. The number of aliphatic hydroxyl groups excluding tert-OH is 1. The fraction of sp³-hybridized carbons (Fsp3) is 0.439. The van der Waals surface area contributed by atoms with Gasteiger partial charge in [0.15, 0.2) is 17.5 Å². The topological polar surface area (TPSA) is 189 Å². The van der Waals surface area contributed by atoms with Gasteiger partial charge in [0.05, 0.1) is 27.9 Å². The second-order valence-corrected chi connectivity index (χ2v) is 15.4. The van der Waals surface area contributed by atoms with E-state index < -0.39 is 58.8 Å². The molecule has 12 nitrogen and oxygen atoms in total. The summed E-state index contributed by atoms with van der Waals surface area (Å²) in [5.41, 5.74) is -3.60. The van der Waals surface area contributed by atoms with E-state index >= 15 is 0 Å². The van der Waals surface area contributed by atoms with E-state index in [0.717, 1.165) is 0 Å². The van der Waals surface area contributed by atoms with Gasteiger partial charge in [-0.2, -0.15) is 0 Å². The molecule has 53 heavy (non-hydrogen) atoms. The van der Waals surface area contributed by atoms with Crippen molar-refractivity contribution < 1.29 is 48.8 Å². The molecule has 2 bridgehead atoms. The van der Waals surface area contributed by atoms with Gasteiger partial charge in [-0.25, -0.2) is 4.79 Å². The largest absolute Gasteiger partial charge is 0.506 e. The van der Waals surface area contributed by atoms with Crippen molar-refractivity contribution in [2.75, 3.05) is 17.2 Å². The van der Waals surface area contributed by atoms with E-state index in [9.17, 15) is 39.3 Å². The van der Waals surface area contributed by atoms with Crippen LogP contribution in [0.25, 0.3) is 0 Å². The number of para-hydroxylation sites is 2. The van der Waals surface area contributed by atoms with Gasteiger partial charge in [-0.3, -0.25) is 19.2 Å². The number of amides is 2. The Kier molecular flexibility index (Phi) is 9.53. The molecule has 2 aromatic carbocycles. The molecule has 0 saturated heterocycles. The van der Waals surface area contributed by atoms with Crippen molar-refractivity contribution in [2.45, 2.75) is 72.7 Å². The average Bonchev–Trinajstić information content (AvgIpc) is 3.60. The van der Waals surface area contributed by atoms with Crippen molar-refractivity contribution in [1.29, 1.82) is 0 Å². The molecule has 2 fully saturated rings. The molecule has 2 amide bonds. The summed E-state index contributed by atoms with van der Waals surface area (Å²) < 4.78 is 11.4. The molecule has 5 N–H and O–H groups in total. The lowest BCUT2D eigenvalue weighted by atomic mass is 9.59. The van der Waals surface area contributed by atoms with Crippen LogP contribution in [0.15, 0.2) is 77.4 Å². The minimum absolute atomic E-state index is 0.0206. The standard InChI is InChI=1S/C41H46N2O10/c1-8-20(2)36(48)43-32-26(13-11-15-30(32)45)37(49)42-29-14-10-9-12-25(29)38(50)53-35-21(3)18-40-22(4)16-28-31(39(28,6)7)27(34(40)47)17-24(19-52-23(5)44)33(46)41(35,40)51/h8-15,17-18,22,27-28,31,33,35,45-46,51H,16,19H2,1-7H3,(H,42,49)(H,43,48)/b20-8+/t22-,27+,28-,31+,33-,35+,40+,41+/m1/s1. The second-order valence-electron chi connectivity index (χ2n) is 15.4. The summed E-state index contributed by atoms with van der Waals surface area (Å²) in [6, 6.07) is 10.2. The molecule has 280 valence electrons. The number of ether oxygens (including phenoxy) is 2. The first-order valence-electron chi connectivity index (χ1n) is 17.8. The maximum atomic E-state index is 14.8. The number of aromatic hydroxyl groups is 1. The third-order valence-corrected chi connectivity index (χ3v) is 12.1. The highest BCUT2D eigenvalue weighted by molar-refractivity contribution is 6.14. The smallest absolute Gasteiger partial charge is 0.340 e. The van der Waals surface area contributed by atoms with Gasteiger partial charge >= 0.3 is 11.9 Å². The molecule has 0 aromatic heterocycles. The van der Waals surface area contributed by atoms with Crippen molar-refractivity contribution in [3.05, 3.63) is 88.5 Å². The number of nitrogens with one attached hydrogen (secondary N) is 2. The van der Waals surface area contributed by atoms with Crippen molar-refractivity contribution >= 4 is 40.9 Å². The molecular formula is C41H46N2O10. The van der Waals surface area contributed by atoms with Gasteiger partial charge in [-0.15, -0.1) is 0 Å². The zero-order valence-corrected chi connectivity index (χ0v) is 30.9. The van der Waals surface area contributed by atoms with E-state index in [4.69, 9.17) is 9.47 Å². The Morgan fingerprint density at radius 2 is 1.70 bits per heavy atom. The van der Waals surface area contributed by atoms with Crippen molar-refractivity contribution in [3.8, 4) is 5.75 Å². The number of hydrogen-bond acceptors (Lipinski definition) is 10. The number of hydrogen-bond donors (Lipinski definition) is 5. The van der Waals surface area contributed by atoms with E-state index in [1.54, 1.807) is 51.1 Å². The van der Waals surface area contributed by atoms with Crippen LogP contribution >= 0.6 is 0 Å². The number of fused-ring (bicyclic) bond motifs is 3. The number of rotatable bonds is 8. The Morgan fingerprint density at radius 3 is 2.38 bits per heavy atom. The first-order valence-corrected chi connectivity index (χ1v) is 17.8. The molecule has 2 saturated carbocycles. The number of Topliss-reactive ketones (excluding diaryl/α,β-unsaturated/α-hetero) is 1. The van der Waals surface area contributed by atoms with Gasteiger partial charge in [0.1, 0.15) is 18.5 Å². The highest BCUT2D eigenvalue weighted by Gasteiger charge is 2.76. The number of aliphatic hydroxyl groups is 2. The normalized spacial score (nSPS) is 31.0. The summed E-state index contributed by atoms with van der Waals surface area (Å²) in [7, 11) is 0. The maximum absolute atomic E-state index is 14.8. The van der Waals surface area contributed by atoms with E-state index in [1.165, 1.54) is 37.3 Å². The van der Waals surface area contributed by atoms with Crippen LogP contribution in [0.1, 0.15) is 75.6 Å². The number of phenols is 1. The van der Waals surface area contributed by atoms with Crippen LogP contribution in [0.4, 0.5) is 11.4 Å². The second kappa shape index (κ2) is 13.4. The summed E-state index contributed by atoms with van der Waals surface area (Å²) in [5, 5.41) is 40.8. The predicted molar refractivity (Wildman–Crippen MR) is 195 cm³/mol. The zero-order chi connectivity index (χ0) is 38.8. The van der Waals surface area contributed by atoms with E-state index in [0.29, 0.717) is 17.6 Å². The summed E-state index contributed by atoms with van der Waals surface area (Å²) in [5.74, 6) is -4.53. The highest BCUT2D eigenvalue weighted by atomic mass is 16.6. The van der Waals surface area contributed by atoms with Crippen LogP contribution in [0.3, 0.4) is 0 Å². The van der Waals surface area contributed by atoms with Gasteiger partial charge in [0, 0.05) is 18.4 Å². The molecule has 2 aromatic rings. The summed E-state index contributed by atoms with van der Waals surface area (Å²) in [4.78, 5) is 67.2. The molecule has 1 spiro atoms. The number of phenolic OH excluding ortho intramolecular Hbond substituents is 1. The number of esters is 2. The van der Waals surface area contributed by atoms with E-state index in [2.05, 4.69) is 24.5 Å². The Bertz CT molecular complexity index is 2010. The number of anilines is 2. The first-order chi connectivity index (χ1) is 24.9. The third kappa shape index (κ3) is 5.88. The van der Waals surface area contributed by atoms with Crippen LogP contribution < -0.4 is 10.6 Å². The molecule has 0 unspecified atom stereocenters. The van der Waals surface area contributed by atoms with Crippen LogP contribution in [-0.2, 0) is 23.9 Å². The first kappa shape index (κ1) is 37.7. The van der Waals surface area contributed by atoms with Gasteiger partial charge in [0.2, 0.25) is 0 Å². The molecule has 0 heterocycles. The molecule has 8 atom stereocenters. The maximum Gasteiger partial charge on any atom is 0.340 e. The number of ketones is 1. The van der Waals surface area contributed by atoms with Crippen LogP contribution in [-0.4, -0.2) is 69.3 Å². The third-order valence-electron chi connectivity index (χ3n) is 12.1. The fourth-order valence-corrected chi connectivity index (χ4v) is 9.10. The van der Waals surface area contributed by atoms with Gasteiger partial charge < -0.3 is 35.4 Å². The van der Waals surface area contributed by atoms with Crippen LogP contribution in [0, 0.1) is 34.5 Å². The zero-order valence-electron chi connectivity index (χ0n) is 30.9. The van der Waals surface area contributed by atoms with E-state index in [-0.39, 0.29) is 63.5 Å². The van der Waals surface area contributed by atoms with E-state index in [1.807, 2.05) is 6.92 Å². The minimum atomic E-state index is -2.37. The average molecular weight is 727 g/mol. The van der Waals surface area contributed by atoms with Gasteiger partial charge in [-0.05, 0) is 85.8 Å². The van der Waals surface area contributed by atoms with Crippen molar-refractivity contribution in [3.63, 3.8) is 0 Å². The van der Waals surface area contributed by atoms with Crippen LogP contribution in [0.5, 0.6) is 5.75 Å². The van der Waals surface area contributed by atoms with Gasteiger partial charge in [-0.1, -0.05) is 57.2 Å². The molecule has 4 aliphatic carbocycles. The monoisotopic (exact) mass is 726 g/mol. The minimum Gasteiger partial charge on any atom is -0.506 e. The SMILES string of the molecule is C/C=C(\C)C(=O)Nc1c(O)cccc1C(=O)Nc1ccccc1C(=O)O[C@H]1C(C)=C[C@]23C(=O)[C@@H](C=C(COC(C)=O)[C@@H](O)[C@]12O)[C@H]1[C@@H](C[C@H]3C)C1(C)C. The quantitative estimate of drug-likeness (QED) is 0.106. The molecular weight excluding hydrogens is 680 g/mol. The highest BCUT2D eigenvalue weighted by Crippen LogP contribution is 2.71. The summed E-state index contributed by atoms with van der Waals surface area (Å²) in [6.07, 6.45) is 2.19. The van der Waals surface area contributed by atoms with Crippen LogP contribution in [0.2, 0.25) is 0 Å². The molecule has 4 aliphatic rings. The molecule has 0 radical (unpaired) electrons. The van der Waals surface area contributed by atoms with Crippen molar-refractivity contribution in [2.24, 2.45) is 34.5 Å². The molecule has 12 heteroatoms. The van der Waals surface area contributed by atoms with Gasteiger partial charge in [0.25, 0.3) is 11.8 Å². The summed E-state index contributed by atoms with van der Waals surface area (Å²) >= 11 is 0. The predicted octanol–water partition coefficient (Wildman–Crippen LogP) is 5.11. The number of carbonyl (C=O) groups excluding carboxylic acids is 5. The number of benzene rings is 2. The number of allylic oxidation sites excluding steroid dienone is 2. The number of carbonyl (C=O) groups is 5.